The Morgan fingerprint density at radius 2 is 1.79 bits per heavy atom. The van der Waals surface area contributed by atoms with E-state index in [1.165, 1.54) is 19.1 Å². The highest BCUT2D eigenvalue weighted by molar-refractivity contribution is 6.01. The fourth-order valence-electron chi connectivity index (χ4n) is 9.51. The molecule has 12 atom stereocenters. The summed E-state index contributed by atoms with van der Waals surface area (Å²) in [7, 11) is 0. The zero-order valence-corrected chi connectivity index (χ0v) is 21.7. The van der Waals surface area contributed by atoms with Gasteiger partial charge in [0.05, 0.1) is 29.3 Å². The first-order valence-corrected chi connectivity index (χ1v) is 13.4. The van der Waals surface area contributed by atoms with Gasteiger partial charge in [-0.3, -0.25) is 14.4 Å². The van der Waals surface area contributed by atoms with Gasteiger partial charge in [0.1, 0.15) is 6.10 Å². The molecule has 7 rings (SSSR count). The van der Waals surface area contributed by atoms with Crippen molar-refractivity contribution in [2.75, 3.05) is 0 Å². The van der Waals surface area contributed by atoms with Crippen LogP contribution in [0, 0.1) is 34.5 Å². The topological polar surface area (TPSA) is 157 Å². The third-order valence-corrected chi connectivity index (χ3v) is 11.8. The monoisotopic (exact) mass is 528 g/mol. The molecule has 4 heterocycles. The number of hydrogen-bond donors (Lipinski definition) is 3. The lowest BCUT2D eigenvalue weighted by Gasteiger charge is -2.61. The van der Waals surface area contributed by atoms with Gasteiger partial charge in [-0.25, -0.2) is 4.79 Å². The molecule has 3 aliphatic carbocycles. The molecule has 0 amide bonds. The number of carbonyl (C=O) groups is 4. The standard InChI is InChI=1S/C28H32O10/c1-12-21(32)36-17-11-23(12,2)19-20(31)27(35)18-14(24(3)13(10-15(18)29)6-5-7-16(24)30)8-9-26(34)22(33)37-25(17,4)28(19,26)38-27/h5,7,10,12,14-15,17-19,29,34-35H,6,8-9,11H2,1-4H3/t12-,14?,15-,17-,18?,19?,23-,24+,25+,26-,27-,28+/m1/s1. The zero-order chi connectivity index (χ0) is 27.4. The van der Waals surface area contributed by atoms with Crippen LogP contribution in [0.25, 0.3) is 0 Å². The number of allylic oxidation sites excluding steroid dienone is 3. The van der Waals surface area contributed by atoms with Crippen molar-refractivity contribution in [2.45, 2.75) is 88.2 Å². The molecule has 4 bridgehead atoms. The molecule has 5 fully saturated rings. The number of ketones is 2. The maximum Gasteiger partial charge on any atom is 0.342 e. The quantitative estimate of drug-likeness (QED) is 0.299. The minimum absolute atomic E-state index is 0.0287. The molecular weight excluding hydrogens is 496 g/mol. The Morgan fingerprint density at radius 1 is 1.08 bits per heavy atom. The van der Waals surface area contributed by atoms with Crippen molar-refractivity contribution in [3.63, 3.8) is 0 Å². The summed E-state index contributed by atoms with van der Waals surface area (Å²) in [4.78, 5) is 54.6. The Balaban J connectivity index is 1.52. The first-order valence-electron chi connectivity index (χ1n) is 13.4. The molecule has 7 aliphatic rings. The number of ether oxygens (including phenoxy) is 3. The van der Waals surface area contributed by atoms with Crippen LogP contribution in [0.5, 0.6) is 0 Å². The fourth-order valence-corrected chi connectivity index (χ4v) is 9.51. The molecule has 1 saturated carbocycles. The number of aliphatic hydroxyl groups is 3. The van der Waals surface area contributed by atoms with Crippen LogP contribution in [0.15, 0.2) is 23.8 Å². The van der Waals surface area contributed by atoms with E-state index in [9.17, 15) is 34.5 Å². The number of carbonyl (C=O) groups excluding carboxylic acids is 4. The number of aliphatic hydroxyl groups excluding tert-OH is 1. The lowest BCUT2D eigenvalue weighted by molar-refractivity contribution is -0.350. The SMILES string of the molecule is C[C@@H]1C(=O)O[C@@H]2C[C@@]1(C)C1C(=O)[C@]3(O)O[C@@]14[C@@](O)(CCC1C3[C@H](O)C=C3CC=CC(=O)[C@@]31C)C(=O)O[C@@]24C. The van der Waals surface area contributed by atoms with Gasteiger partial charge in [-0.1, -0.05) is 31.6 Å². The highest BCUT2D eigenvalue weighted by atomic mass is 16.7. The van der Waals surface area contributed by atoms with Gasteiger partial charge < -0.3 is 29.5 Å². The highest BCUT2D eigenvalue weighted by Crippen LogP contribution is 2.73. The Morgan fingerprint density at radius 3 is 2.50 bits per heavy atom. The van der Waals surface area contributed by atoms with Crippen LogP contribution in [-0.2, 0) is 33.4 Å². The molecule has 10 nitrogen and oxygen atoms in total. The second kappa shape index (κ2) is 6.66. The first kappa shape index (κ1) is 24.6. The van der Waals surface area contributed by atoms with Crippen LogP contribution in [0.3, 0.4) is 0 Å². The molecule has 0 aromatic heterocycles. The van der Waals surface area contributed by atoms with E-state index in [-0.39, 0.29) is 25.0 Å². The minimum Gasteiger partial charge on any atom is -0.458 e. The van der Waals surface area contributed by atoms with Crippen LogP contribution < -0.4 is 0 Å². The van der Waals surface area contributed by atoms with Crippen LogP contribution in [0.4, 0.5) is 0 Å². The molecule has 38 heavy (non-hydrogen) atoms. The van der Waals surface area contributed by atoms with Crippen molar-refractivity contribution in [3.8, 4) is 0 Å². The second-order valence-electron chi connectivity index (χ2n) is 13.1. The molecule has 10 heteroatoms. The van der Waals surface area contributed by atoms with Crippen molar-refractivity contribution in [1.29, 1.82) is 0 Å². The van der Waals surface area contributed by atoms with E-state index in [0.717, 1.165) is 0 Å². The summed E-state index contributed by atoms with van der Waals surface area (Å²) >= 11 is 0. The molecule has 1 spiro atoms. The van der Waals surface area contributed by atoms with E-state index < -0.39 is 87.0 Å². The summed E-state index contributed by atoms with van der Waals surface area (Å²) in [6.45, 7) is 6.53. The number of rotatable bonds is 0. The van der Waals surface area contributed by atoms with E-state index >= 15 is 0 Å². The van der Waals surface area contributed by atoms with Gasteiger partial charge in [-0.15, -0.1) is 0 Å². The van der Waals surface area contributed by atoms with Crippen molar-refractivity contribution < 1.29 is 48.7 Å². The van der Waals surface area contributed by atoms with Gasteiger partial charge in [0.2, 0.25) is 5.79 Å². The van der Waals surface area contributed by atoms with E-state index in [1.807, 2.05) is 0 Å². The third-order valence-electron chi connectivity index (χ3n) is 11.8. The number of esters is 2. The summed E-state index contributed by atoms with van der Waals surface area (Å²) in [5, 5.41) is 36.1. The van der Waals surface area contributed by atoms with Gasteiger partial charge >= 0.3 is 11.9 Å². The van der Waals surface area contributed by atoms with Crippen LogP contribution in [0.1, 0.15) is 53.4 Å². The lowest BCUT2D eigenvalue weighted by Crippen LogP contribution is -2.78. The predicted octanol–water partition coefficient (Wildman–Crippen LogP) is 0.510. The fraction of sp³-hybridized carbons (Fsp3) is 0.714. The Kier molecular flexibility index (Phi) is 4.31. The Bertz CT molecular complexity index is 1300. The van der Waals surface area contributed by atoms with E-state index in [0.29, 0.717) is 12.0 Å². The number of hydrogen-bond acceptors (Lipinski definition) is 10. The third kappa shape index (κ3) is 2.19. The molecule has 4 saturated heterocycles. The molecule has 204 valence electrons. The first-order chi connectivity index (χ1) is 17.6. The molecule has 3 unspecified atom stereocenters. The molecule has 0 radical (unpaired) electrons. The predicted molar refractivity (Wildman–Crippen MR) is 126 cm³/mol. The minimum atomic E-state index is -2.67. The summed E-state index contributed by atoms with van der Waals surface area (Å²) in [5.41, 5.74) is -7.93. The summed E-state index contributed by atoms with van der Waals surface area (Å²) in [6.07, 6.45) is 2.66. The summed E-state index contributed by atoms with van der Waals surface area (Å²) in [6, 6.07) is 0. The van der Waals surface area contributed by atoms with Crippen LogP contribution in [0.2, 0.25) is 0 Å². The van der Waals surface area contributed by atoms with Crippen molar-refractivity contribution in [2.24, 2.45) is 34.5 Å². The van der Waals surface area contributed by atoms with E-state index in [4.69, 9.17) is 14.2 Å². The van der Waals surface area contributed by atoms with E-state index in [2.05, 4.69) is 0 Å². The van der Waals surface area contributed by atoms with Crippen molar-refractivity contribution in [3.05, 3.63) is 23.8 Å². The summed E-state index contributed by atoms with van der Waals surface area (Å²) < 4.78 is 18.0. The van der Waals surface area contributed by atoms with Crippen molar-refractivity contribution in [1.82, 2.24) is 0 Å². The van der Waals surface area contributed by atoms with Gasteiger partial charge in [0.15, 0.2) is 28.4 Å². The second-order valence-corrected chi connectivity index (χ2v) is 13.1. The average molecular weight is 529 g/mol. The largest absolute Gasteiger partial charge is 0.458 e. The van der Waals surface area contributed by atoms with Crippen molar-refractivity contribution >= 4 is 23.5 Å². The Labute approximate surface area is 219 Å². The molecule has 3 N–H and O–H groups in total. The Hall–Kier alpha value is -2.40. The van der Waals surface area contributed by atoms with Gasteiger partial charge in [0.25, 0.3) is 0 Å². The zero-order valence-electron chi connectivity index (χ0n) is 21.7. The molecule has 4 aliphatic heterocycles. The molecule has 0 aromatic carbocycles. The lowest BCUT2D eigenvalue weighted by atomic mass is 9.46. The normalized spacial score (nSPS) is 58.1. The molecule has 0 aromatic rings. The van der Waals surface area contributed by atoms with E-state index in [1.54, 1.807) is 26.8 Å². The van der Waals surface area contributed by atoms with Gasteiger partial charge in [-0.05, 0) is 56.9 Å². The average Bonchev–Trinajstić information content (AvgIpc) is 3.19. The smallest absolute Gasteiger partial charge is 0.342 e. The number of Topliss-reactive ketones (excluding diaryl/α,β-unsaturated/α-hetero) is 1. The van der Waals surface area contributed by atoms with Gasteiger partial charge in [-0.2, -0.15) is 0 Å². The van der Waals surface area contributed by atoms with Crippen LogP contribution >= 0.6 is 0 Å². The maximum absolute atomic E-state index is 14.6. The maximum atomic E-state index is 14.6. The molecular formula is C28H32O10. The highest BCUT2D eigenvalue weighted by Gasteiger charge is 2.92. The van der Waals surface area contributed by atoms with Crippen LogP contribution in [-0.4, -0.2) is 73.6 Å². The summed E-state index contributed by atoms with van der Waals surface area (Å²) in [5.74, 6) is -9.59. The number of fused-ring (bicyclic) bond motifs is 9. The van der Waals surface area contributed by atoms with Gasteiger partial charge in [0, 0.05) is 0 Å².